The van der Waals surface area contributed by atoms with Crippen molar-refractivity contribution in [2.45, 2.75) is 20.4 Å². The van der Waals surface area contributed by atoms with Gasteiger partial charge in [0, 0.05) is 37.2 Å². The number of fused-ring (bicyclic) bond motifs is 1. The molecular weight excluding hydrogens is 268 g/mol. The van der Waals surface area contributed by atoms with Crippen molar-refractivity contribution in [1.29, 1.82) is 0 Å². The molecule has 0 unspecified atom stereocenters. The average Bonchev–Trinajstić information content (AvgIpc) is 3.05. The molecule has 21 heavy (non-hydrogen) atoms. The maximum absolute atomic E-state index is 12.1. The first kappa shape index (κ1) is 13.3. The number of nitrogens with one attached hydrogen (secondary N) is 1. The van der Waals surface area contributed by atoms with E-state index in [0.717, 1.165) is 11.4 Å². The van der Waals surface area contributed by atoms with E-state index >= 15 is 0 Å². The second-order valence-electron chi connectivity index (χ2n) is 4.82. The molecule has 0 fully saturated rings. The van der Waals surface area contributed by atoms with Gasteiger partial charge < -0.3 is 9.88 Å². The zero-order valence-electron chi connectivity index (χ0n) is 11.9. The fourth-order valence-corrected chi connectivity index (χ4v) is 2.09. The summed E-state index contributed by atoms with van der Waals surface area (Å²) in [7, 11) is 0. The third kappa shape index (κ3) is 2.62. The maximum Gasteiger partial charge on any atom is 0.271 e. The smallest absolute Gasteiger partial charge is 0.271 e. The monoisotopic (exact) mass is 284 g/mol. The van der Waals surface area contributed by atoms with Gasteiger partial charge in [-0.1, -0.05) is 0 Å². The molecule has 0 aromatic carbocycles. The summed E-state index contributed by atoms with van der Waals surface area (Å²) in [6.07, 6.45) is 5.21. The number of carbonyl (C=O) groups is 1. The van der Waals surface area contributed by atoms with E-state index in [4.69, 9.17) is 0 Å². The summed E-state index contributed by atoms with van der Waals surface area (Å²) in [4.78, 5) is 20.4. The van der Waals surface area contributed by atoms with Crippen LogP contribution in [0.1, 0.15) is 21.9 Å². The predicted molar refractivity (Wildman–Crippen MR) is 77.0 cm³/mol. The van der Waals surface area contributed by atoms with Crippen LogP contribution in [0.25, 0.3) is 5.65 Å². The van der Waals surface area contributed by atoms with E-state index in [2.05, 4.69) is 20.4 Å². The SMILES string of the molecule is Cc1ncn(CCNC(=O)c2cc3ncccn3n2)c1C. The van der Waals surface area contributed by atoms with Crippen molar-refractivity contribution in [2.24, 2.45) is 0 Å². The molecule has 0 aliphatic heterocycles. The molecule has 0 bridgehead atoms. The Labute approximate surface area is 121 Å². The third-order valence-electron chi connectivity index (χ3n) is 3.45. The Morgan fingerprint density at radius 2 is 2.19 bits per heavy atom. The average molecular weight is 284 g/mol. The Kier molecular flexibility index (Phi) is 3.39. The number of nitrogens with zero attached hydrogens (tertiary/aromatic N) is 5. The van der Waals surface area contributed by atoms with Crippen molar-refractivity contribution in [3.05, 3.63) is 47.9 Å². The first-order chi connectivity index (χ1) is 10.1. The van der Waals surface area contributed by atoms with Crippen LogP contribution < -0.4 is 5.32 Å². The number of rotatable bonds is 4. The van der Waals surface area contributed by atoms with E-state index in [0.29, 0.717) is 24.4 Å². The highest BCUT2D eigenvalue weighted by atomic mass is 16.1. The molecule has 0 spiro atoms. The summed E-state index contributed by atoms with van der Waals surface area (Å²) in [6.45, 7) is 5.19. The molecule has 3 rings (SSSR count). The highest BCUT2D eigenvalue weighted by Crippen LogP contribution is 2.04. The van der Waals surface area contributed by atoms with Crippen LogP contribution in [0.5, 0.6) is 0 Å². The summed E-state index contributed by atoms with van der Waals surface area (Å²) in [5, 5.41) is 7.04. The van der Waals surface area contributed by atoms with Crippen LogP contribution in [0.2, 0.25) is 0 Å². The maximum atomic E-state index is 12.1. The Morgan fingerprint density at radius 1 is 1.33 bits per heavy atom. The fourth-order valence-electron chi connectivity index (χ4n) is 2.09. The third-order valence-corrected chi connectivity index (χ3v) is 3.45. The van der Waals surface area contributed by atoms with Crippen LogP contribution in [-0.4, -0.2) is 36.6 Å². The van der Waals surface area contributed by atoms with Crippen molar-refractivity contribution in [3.8, 4) is 0 Å². The van der Waals surface area contributed by atoms with E-state index < -0.39 is 0 Å². The van der Waals surface area contributed by atoms with Gasteiger partial charge in [0.05, 0.1) is 12.0 Å². The minimum atomic E-state index is -0.199. The van der Waals surface area contributed by atoms with Crippen LogP contribution in [0.15, 0.2) is 30.9 Å². The van der Waals surface area contributed by atoms with Crippen LogP contribution in [0.4, 0.5) is 0 Å². The summed E-state index contributed by atoms with van der Waals surface area (Å²) >= 11 is 0. The minimum absolute atomic E-state index is 0.199. The Bertz CT molecular complexity index is 755. The van der Waals surface area contributed by atoms with Crippen molar-refractivity contribution in [1.82, 2.24) is 29.5 Å². The summed E-state index contributed by atoms with van der Waals surface area (Å²) in [5.41, 5.74) is 3.14. The van der Waals surface area contributed by atoms with Crippen molar-refractivity contribution in [2.75, 3.05) is 6.54 Å². The lowest BCUT2D eigenvalue weighted by Gasteiger charge is -2.06. The largest absolute Gasteiger partial charge is 0.349 e. The number of amides is 1. The molecule has 1 N–H and O–H groups in total. The summed E-state index contributed by atoms with van der Waals surface area (Å²) in [5.74, 6) is -0.199. The molecule has 3 heterocycles. The van der Waals surface area contributed by atoms with Gasteiger partial charge in [-0.25, -0.2) is 14.5 Å². The molecule has 0 atom stereocenters. The molecule has 1 amide bonds. The first-order valence-electron chi connectivity index (χ1n) is 6.72. The molecule has 3 aromatic rings. The number of hydrogen-bond donors (Lipinski definition) is 1. The van der Waals surface area contributed by atoms with E-state index in [1.165, 1.54) is 0 Å². The van der Waals surface area contributed by atoms with E-state index in [1.807, 2.05) is 18.4 Å². The fraction of sp³-hybridized carbons (Fsp3) is 0.286. The van der Waals surface area contributed by atoms with Crippen LogP contribution in [-0.2, 0) is 6.54 Å². The van der Waals surface area contributed by atoms with E-state index in [9.17, 15) is 4.79 Å². The number of hydrogen-bond acceptors (Lipinski definition) is 4. The number of carbonyl (C=O) groups excluding carboxylic acids is 1. The molecule has 0 aliphatic rings. The summed E-state index contributed by atoms with van der Waals surface area (Å²) < 4.78 is 3.60. The normalized spacial score (nSPS) is 11.0. The first-order valence-corrected chi connectivity index (χ1v) is 6.72. The molecule has 7 heteroatoms. The molecule has 0 saturated carbocycles. The molecule has 7 nitrogen and oxygen atoms in total. The van der Waals surface area contributed by atoms with Gasteiger partial charge in [-0.05, 0) is 19.9 Å². The lowest BCUT2D eigenvalue weighted by molar-refractivity contribution is 0.0947. The Hall–Kier alpha value is -2.70. The topological polar surface area (TPSA) is 77.1 Å². The van der Waals surface area contributed by atoms with Crippen molar-refractivity contribution < 1.29 is 4.79 Å². The summed E-state index contributed by atoms with van der Waals surface area (Å²) in [6, 6.07) is 3.44. The Morgan fingerprint density at radius 3 is 2.90 bits per heavy atom. The zero-order valence-corrected chi connectivity index (χ0v) is 11.9. The molecular formula is C14H16N6O. The highest BCUT2D eigenvalue weighted by molar-refractivity contribution is 5.93. The second-order valence-corrected chi connectivity index (χ2v) is 4.82. The molecule has 108 valence electrons. The quantitative estimate of drug-likeness (QED) is 0.774. The van der Waals surface area contributed by atoms with Crippen LogP contribution in [0.3, 0.4) is 0 Å². The minimum Gasteiger partial charge on any atom is -0.349 e. The van der Waals surface area contributed by atoms with E-state index in [-0.39, 0.29) is 5.91 Å². The lowest BCUT2D eigenvalue weighted by atomic mass is 10.3. The molecule has 0 radical (unpaired) electrons. The number of imidazole rings is 1. The van der Waals surface area contributed by atoms with Gasteiger partial charge >= 0.3 is 0 Å². The lowest BCUT2D eigenvalue weighted by Crippen LogP contribution is -2.27. The molecule has 3 aromatic heterocycles. The highest BCUT2D eigenvalue weighted by Gasteiger charge is 2.11. The van der Waals surface area contributed by atoms with Gasteiger partial charge in [0.25, 0.3) is 5.91 Å². The van der Waals surface area contributed by atoms with Gasteiger partial charge in [0.2, 0.25) is 0 Å². The van der Waals surface area contributed by atoms with Crippen LogP contribution in [0, 0.1) is 13.8 Å². The second kappa shape index (κ2) is 5.35. The van der Waals surface area contributed by atoms with Gasteiger partial charge in [-0.2, -0.15) is 5.10 Å². The standard InChI is InChI=1S/C14H16N6O/c1-10-11(2)19(9-17-10)7-5-16-14(21)12-8-13-15-4-3-6-20(13)18-12/h3-4,6,8-9H,5,7H2,1-2H3,(H,16,21). The van der Waals surface area contributed by atoms with Crippen molar-refractivity contribution in [3.63, 3.8) is 0 Å². The Balaban J connectivity index is 1.62. The van der Waals surface area contributed by atoms with Gasteiger partial charge in [-0.3, -0.25) is 4.79 Å². The van der Waals surface area contributed by atoms with Crippen molar-refractivity contribution >= 4 is 11.6 Å². The van der Waals surface area contributed by atoms with Gasteiger partial charge in [0.1, 0.15) is 0 Å². The van der Waals surface area contributed by atoms with Crippen LogP contribution >= 0.6 is 0 Å². The number of aromatic nitrogens is 5. The van der Waals surface area contributed by atoms with Gasteiger partial charge in [0.15, 0.2) is 11.3 Å². The molecule has 0 aliphatic carbocycles. The number of aryl methyl sites for hydroxylation is 1. The zero-order chi connectivity index (χ0) is 14.8. The predicted octanol–water partition coefficient (Wildman–Crippen LogP) is 0.973. The van der Waals surface area contributed by atoms with Gasteiger partial charge in [-0.15, -0.1) is 0 Å². The molecule has 0 saturated heterocycles. The van der Waals surface area contributed by atoms with E-state index in [1.54, 1.807) is 35.4 Å².